The maximum atomic E-state index is 12.6. The molecule has 2 aromatic carbocycles. The molecule has 1 aromatic heterocycles. The quantitative estimate of drug-likeness (QED) is 0.649. The number of hydrogen-bond acceptors (Lipinski definition) is 3. The average Bonchev–Trinajstić information content (AvgIpc) is 3.05. The van der Waals surface area contributed by atoms with Gasteiger partial charge < -0.3 is 15.0 Å². The molecule has 0 saturated heterocycles. The maximum Gasteiger partial charge on any atom is 0.328 e. The Bertz CT molecular complexity index is 935. The molecule has 5 nitrogen and oxygen atoms in total. The lowest BCUT2D eigenvalue weighted by Gasteiger charge is -2.17. The van der Waals surface area contributed by atoms with Crippen molar-refractivity contribution in [3.63, 3.8) is 0 Å². The first-order chi connectivity index (χ1) is 12.6. The van der Waals surface area contributed by atoms with Crippen LogP contribution in [0.25, 0.3) is 10.9 Å². The van der Waals surface area contributed by atoms with Crippen LogP contribution in [0.2, 0.25) is 5.02 Å². The van der Waals surface area contributed by atoms with Gasteiger partial charge in [0, 0.05) is 23.5 Å². The van der Waals surface area contributed by atoms with E-state index in [-0.39, 0.29) is 6.61 Å². The first-order valence-electron chi connectivity index (χ1n) is 8.37. The first kappa shape index (κ1) is 18.0. The van der Waals surface area contributed by atoms with Crippen molar-refractivity contribution in [2.75, 3.05) is 6.61 Å². The summed E-state index contributed by atoms with van der Waals surface area (Å²) in [6.07, 6.45) is 2.16. The summed E-state index contributed by atoms with van der Waals surface area (Å²) in [6.45, 7) is 1.97. The van der Waals surface area contributed by atoms with Crippen LogP contribution in [0.15, 0.2) is 54.7 Å². The molecule has 3 aromatic rings. The van der Waals surface area contributed by atoms with Gasteiger partial charge in [-0.1, -0.05) is 41.9 Å². The van der Waals surface area contributed by atoms with Gasteiger partial charge in [-0.15, -0.1) is 0 Å². The molecule has 0 unspecified atom stereocenters. The highest BCUT2D eigenvalue weighted by Crippen LogP contribution is 2.20. The highest BCUT2D eigenvalue weighted by atomic mass is 35.5. The molecule has 1 amide bonds. The summed E-state index contributed by atoms with van der Waals surface area (Å²) in [4.78, 5) is 28.1. The van der Waals surface area contributed by atoms with Crippen molar-refractivity contribution in [1.82, 2.24) is 10.3 Å². The van der Waals surface area contributed by atoms with Gasteiger partial charge in [-0.25, -0.2) is 4.79 Å². The molecule has 0 bridgehead atoms. The Morgan fingerprint density at radius 2 is 1.88 bits per heavy atom. The summed E-state index contributed by atoms with van der Waals surface area (Å²) in [5.41, 5.74) is 2.23. The van der Waals surface area contributed by atoms with Gasteiger partial charge in [-0.2, -0.15) is 0 Å². The molecule has 0 spiro atoms. The molecule has 1 heterocycles. The Morgan fingerprint density at radius 3 is 2.65 bits per heavy atom. The van der Waals surface area contributed by atoms with E-state index in [0.29, 0.717) is 17.0 Å². The van der Waals surface area contributed by atoms with Gasteiger partial charge in [-0.3, -0.25) is 4.79 Å². The van der Waals surface area contributed by atoms with Crippen LogP contribution in [0.3, 0.4) is 0 Å². The number of carbonyl (C=O) groups is 2. The van der Waals surface area contributed by atoms with Gasteiger partial charge in [0.15, 0.2) is 0 Å². The Balaban J connectivity index is 1.84. The number of aromatic nitrogens is 1. The standard InChI is InChI=1S/C20H19ClN2O3/c1-2-26-20(25)18(23-19(24)15-8-3-5-9-16(15)21)11-13-12-22-17-10-6-4-7-14(13)17/h3-10,12,18,22H,2,11H2,1H3,(H,23,24)/t18-/m0/s1. The number of halogens is 1. The zero-order valence-electron chi connectivity index (χ0n) is 14.3. The number of para-hydroxylation sites is 1. The van der Waals surface area contributed by atoms with E-state index in [2.05, 4.69) is 10.3 Å². The van der Waals surface area contributed by atoms with Gasteiger partial charge >= 0.3 is 5.97 Å². The number of ether oxygens (including phenoxy) is 1. The largest absolute Gasteiger partial charge is 0.464 e. The van der Waals surface area contributed by atoms with Crippen molar-refractivity contribution in [1.29, 1.82) is 0 Å². The number of fused-ring (bicyclic) bond motifs is 1. The molecule has 0 aliphatic heterocycles. The van der Waals surface area contributed by atoms with Crippen molar-refractivity contribution in [2.24, 2.45) is 0 Å². The number of esters is 1. The minimum atomic E-state index is -0.807. The highest BCUT2D eigenvalue weighted by molar-refractivity contribution is 6.33. The third-order valence-electron chi connectivity index (χ3n) is 4.09. The highest BCUT2D eigenvalue weighted by Gasteiger charge is 2.25. The second kappa shape index (κ2) is 8.06. The summed E-state index contributed by atoms with van der Waals surface area (Å²) in [5, 5.41) is 4.09. The normalized spacial score (nSPS) is 11.9. The number of rotatable bonds is 6. The number of benzene rings is 2. The van der Waals surface area contributed by atoms with E-state index < -0.39 is 17.9 Å². The molecular weight excluding hydrogens is 352 g/mol. The average molecular weight is 371 g/mol. The van der Waals surface area contributed by atoms with E-state index in [1.54, 1.807) is 31.2 Å². The van der Waals surface area contributed by atoms with E-state index in [1.807, 2.05) is 30.5 Å². The third-order valence-corrected chi connectivity index (χ3v) is 4.42. The third kappa shape index (κ3) is 3.89. The first-order valence-corrected chi connectivity index (χ1v) is 8.75. The second-order valence-electron chi connectivity index (χ2n) is 5.82. The number of carbonyl (C=O) groups excluding carboxylic acids is 2. The van der Waals surface area contributed by atoms with Gasteiger partial charge in [0.25, 0.3) is 5.91 Å². The molecule has 0 radical (unpaired) electrons. The van der Waals surface area contributed by atoms with Crippen LogP contribution >= 0.6 is 11.6 Å². The molecule has 0 fully saturated rings. The molecule has 0 aliphatic rings. The Labute approximate surface area is 156 Å². The lowest BCUT2D eigenvalue weighted by atomic mass is 10.0. The summed E-state index contributed by atoms with van der Waals surface area (Å²) >= 11 is 6.08. The van der Waals surface area contributed by atoms with Gasteiger partial charge in [0.1, 0.15) is 6.04 Å². The van der Waals surface area contributed by atoms with Crippen LogP contribution in [-0.2, 0) is 16.0 Å². The van der Waals surface area contributed by atoms with Crippen LogP contribution in [0.1, 0.15) is 22.8 Å². The Morgan fingerprint density at radius 1 is 1.15 bits per heavy atom. The molecule has 26 heavy (non-hydrogen) atoms. The van der Waals surface area contributed by atoms with Crippen molar-refractivity contribution in [3.05, 3.63) is 70.9 Å². The van der Waals surface area contributed by atoms with Crippen molar-refractivity contribution in [2.45, 2.75) is 19.4 Å². The number of aromatic amines is 1. The summed E-state index contributed by atoms with van der Waals surface area (Å²) in [6, 6.07) is 13.7. The number of amides is 1. The van der Waals surface area contributed by atoms with Crippen LogP contribution in [0.5, 0.6) is 0 Å². The molecule has 2 N–H and O–H groups in total. The van der Waals surface area contributed by atoms with E-state index in [4.69, 9.17) is 16.3 Å². The molecule has 1 atom stereocenters. The molecule has 0 saturated carbocycles. The van der Waals surface area contributed by atoms with E-state index in [1.165, 1.54) is 0 Å². The predicted octanol–water partition coefficient (Wildman–Crippen LogP) is 3.73. The minimum Gasteiger partial charge on any atom is -0.464 e. The number of H-pyrrole nitrogens is 1. The smallest absolute Gasteiger partial charge is 0.328 e. The Hall–Kier alpha value is -2.79. The van der Waals surface area contributed by atoms with Crippen molar-refractivity contribution in [3.8, 4) is 0 Å². The lowest BCUT2D eigenvalue weighted by molar-refractivity contribution is -0.145. The fourth-order valence-electron chi connectivity index (χ4n) is 2.84. The fourth-order valence-corrected chi connectivity index (χ4v) is 3.06. The Kier molecular flexibility index (Phi) is 5.58. The van der Waals surface area contributed by atoms with Gasteiger partial charge in [0.05, 0.1) is 17.2 Å². The number of nitrogens with one attached hydrogen (secondary N) is 2. The van der Waals surface area contributed by atoms with E-state index >= 15 is 0 Å². The van der Waals surface area contributed by atoms with Crippen molar-refractivity contribution < 1.29 is 14.3 Å². The maximum absolute atomic E-state index is 12.6. The molecule has 3 rings (SSSR count). The zero-order valence-corrected chi connectivity index (χ0v) is 15.0. The van der Waals surface area contributed by atoms with E-state index in [0.717, 1.165) is 16.5 Å². The molecular formula is C20H19ClN2O3. The van der Waals surface area contributed by atoms with Gasteiger partial charge in [-0.05, 0) is 30.7 Å². The topological polar surface area (TPSA) is 71.2 Å². The van der Waals surface area contributed by atoms with Crippen LogP contribution < -0.4 is 5.32 Å². The SMILES string of the molecule is CCOC(=O)[C@H](Cc1c[nH]c2ccccc12)NC(=O)c1ccccc1Cl. The van der Waals surface area contributed by atoms with E-state index in [9.17, 15) is 9.59 Å². The van der Waals surface area contributed by atoms with Crippen molar-refractivity contribution >= 4 is 34.4 Å². The van der Waals surface area contributed by atoms with Crippen LogP contribution in [0, 0.1) is 0 Å². The molecule has 6 heteroatoms. The molecule has 134 valence electrons. The van der Waals surface area contributed by atoms with Crippen LogP contribution in [-0.4, -0.2) is 29.5 Å². The summed E-state index contributed by atoms with van der Waals surface area (Å²) < 4.78 is 5.14. The fraction of sp³-hybridized carbons (Fsp3) is 0.200. The summed E-state index contributed by atoms with van der Waals surface area (Å²) in [7, 11) is 0. The lowest BCUT2D eigenvalue weighted by Crippen LogP contribution is -2.43. The predicted molar refractivity (Wildman–Crippen MR) is 101 cm³/mol. The minimum absolute atomic E-state index is 0.241. The zero-order chi connectivity index (χ0) is 18.5. The summed E-state index contributed by atoms with van der Waals surface area (Å²) in [5.74, 6) is -0.883. The monoisotopic (exact) mass is 370 g/mol. The van der Waals surface area contributed by atoms with Crippen LogP contribution in [0.4, 0.5) is 0 Å². The number of hydrogen-bond donors (Lipinski definition) is 2. The second-order valence-corrected chi connectivity index (χ2v) is 6.23. The molecule has 0 aliphatic carbocycles. The van der Waals surface area contributed by atoms with Gasteiger partial charge in [0.2, 0.25) is 0 Å².